The second kappa shape index (κ2) is 7.47. The van der Waals surface area contributed by atoms with Gasteiger partial charge in [-0.3, -0.25) is 0 Å². The SMILES string of the molecule is COC1CN(c2ccc3c(c2)Oc2cc(N4CC(OC)C4)ccc2C32OCc3ccccc32)C1. The number of nitrogens with zero attached hydrogens (tertiary/aromatic N) is 2. The Morgan fingerprint density at radius 1 is 0.735 bits per heavy atom. The van der Waals surface area contributed by atoms with Crippen molar-refractivity contribution < 1.29 is 18.9 Å². The minimum atomic E-state index is -0.662. The molecule has 6 heteroatoms. The van der Waals surface area contributed by atoms with Crippen LogP contribution in [0.4, 0.5) is 11.4 Å². The molecule has 34 heavy (non-hydrogen) atoms. The van der Waals surface area contributed by atoms with Crippen molar-refractivity contribution >= 4 is 11.4 Å². The van der Waals surface area contributed by atoms with Gasteiger partial charge in [-0.05, 0) is 35.4 Å². The predicted octanol–water partition coefficient (Wildman–Crippen LogP) is 4.28. The van der Waals surface area contributed by atoms with Crippen LogP contribution < -0.4 is 14.5 Å². The van der Waals surface area contributed by atoms with Gasteiger partial charge >= 0.3 is 0 Å². The maximum Gasteiger partial charge on any atom is 0.151 e. The van der Waals surface area contributed by atoms with Crippen molar-refractivity contribution in [2.45, 2.75) is 24.4 Å². The van der Waals surface area contributed by atoms with Crippen LogP contribution in [0, 0.1) is 0 Å². The molecule has 0 aliphatic carbocycles. The Hall–Kier alpha value is -3.06. The highest BCUT2D eigenvalue weighted by molar-refractivity contribution is 5.70. The molecular formula is C28H28N2O4. The molecule has 0 N–H and O–H groups in total. The standard InChI is InChI=1S/C28H28N2O4/c1-31-21-13-29(14-21)19-7-9-24-26(11-19)34-27-12-20(30-15-22(16-30)32-2)8-10-25(27)28(24)23-6-4-3-5-18(23)17-33-28/h3-12,21-22H,13-17H2,1-2H3. The molecule has 4 aliphatic heterocycles. The fraction of sp³-hybridized carbons (Fsp3) is 0.357. The number of anilines is 2. The van der Waals surface area contributed by atoms with E-state index in [4.69, 9.17) is 18.9 Å². The Balaban J connectivity index is 1.34. The zero-order valence-corrected chi connectivity index (χ0v) is 19.5. The fourth-order valence-electron chi connectivity index (χ4n) is 5.72. The summed E-state index contributed by atoms with van der Waals surface area (Å²) in [4.78, 5) is 4.65. The van der Waals surface area contributed by atoms with E-state index in [1.165, 1.54) is 11.1 Å². The molecule has 0 saturated carbocycles. The average Bonchev–Trinajstić information content (AvgIpc) is 3.18. The van der Waals surface area contributed by atoms with Gasteiger partial charge in [0.05, 0.1) is 18.8 Å². The molecule has 3 aromatic carbocycles. The third-order valence-electron chi connectivity index (χ3n) is 7.84. The van der Waals surface area contributed by atoms with Crippen LogP contribution in [0.25, 0.3) is 0 Å². The highest BCUT2D eigenvalue weighted by atomic mass is 16.5. The molecule has 0 amide bonds. The summed E-state index contributed by atoms with van der Waals surface area (Å²) in [5.41, 5.74) is 6.20. The Morgan fingerprint density at radius 3 is 1.85 bits per heavy atom. The minimum absolute atomic E-state index is 0.295. The first kappa shape index (κ1) is 20.3. The van der Waals surface area contributed by atoms with Crippen molar-refractivity contribution in [1.29, 1.82) is 0 Å². The summed E-state index contributed by atoms with van der Waals surface area (Å²) in [5.74, 6) is 1.72. The molecule has 3 aromatic rings. The van der Waals surface area contributed by atoms with E-state index < -0.39 is 5.60 Å². The Bertz CT molecular complexity index is 1190. The average molecular weight is 457 g/mol. The lowest BCUT2D eigenvalue weighted by Gasteiger charge is -2.43. The molecule has 174 valence electrons. The molecule has 0 atom stereocenters. The molecule has 0 radical (unpaired) electrons. The number of benzene rings is 3. The van der Waals surface area contributed by atoms with Gasteiger partial charge in [-0.2, -0.15) is 0 Å². The largest absolute Gasteiger partial charge is 0.456 e. The zero-order chi connectivity index (χ0) is 22.9. The molecule has 4 aliphatic rings. The van der Waals surface area contributed by atoms with Crippen LogP contribution in [-0.2, 0) is 26.4 Å². The third-order valence-corrected chi connectivity index (χ3v) is 7.84. The Kier molecular flexibility index (Phi) is 4.47. The van der Waals surface area contributed by atoms with E-state index >= 15 is 0 Å². The van der Waals surface area contributed by atoms with Crippen LogP contribution in [0.3, 0.4) is 0 Å². The van der Waals surface area contributed by atoms with E-state index in [1.807, 2.05) is 0 Å². The monoisotopic (exact) mass is 456 g/mol. The van der Waals surface area contributed by atoms with Crippen molar-refractivity contribution in [3.63, 3.8) is 0 Å². The van der Waals surface area contributed by atoms with Crippen molar-refractivity contribution in [2.24, 2.45) is 0 Å². The summed E-state index contributed by atoms with van der Waals surface area (Å²) in [6.07, 6.45) is 0.591. The fourth-order valence-corrected chi connectivity index (χ4v) is 5.72. The van der Waals surface area contributed by atoms with Gasteiger partial charge in [-0.1, -0.05) is 24.3 Å². The molecule has 2 fully saturated rings. The Morgan fingerprint density at radius 2 is 1.29 bits per heavy atom. The molecule has 1 spiro atoms. The van der Waals surface area contributed by atoms with E-state index in [0.29, 0.717) is 18.8 Å². The molecule has 4 heterocycles. The van der Waals surface area contributed by atoms with Gasteiger partial charge in [0.1, 0.15) is 11.5 Å². The van der Waals surface area contributed by atoms with Crippen molar-refractivity contribution in [1.82, 2.24) is 0 Å². The maximum atomic E-state index is 6.71. The van der Waals surface area contributed by atoms with Gasteiger partial charge in [0.25, 0.3) is 0 Å². The first-order chi connectivity index (χ1) is 16.7. The quantitative estimate of drug-likeness (QED) is 0.584. The number of methoxy groups -OCH3 is 2. The number of rotatable bonds is 4. The van der Waals surface area contributed by atoms with Crippen LogP contribution in [0.1, 0.15) is 22.3 Å². The Labute approximate surface area is 199 Å². The van der Waals surface area contributed by atoms with Crippen molar-refractivity contribution in [2.75, 3.05) is 50.2 Å². The predicted molar refractivity (Wildman–Crippen MR) is 130 cm³/mol. The molecule has 7 rings (SSSR count). The molecular weight excluding hydrogens is 428 g/mol. The molecule has 2 saturated heterocycles. The zero-order valence-electron chi connectivity index (χ0n) is 19.5. The second-order valence-electron chi connectivity index (χ2n) is 9.62. The van der Waals surface area contributed by atoms with Crippen LogP contribution in [0.2, 0.25) is 0 Å². The number of hydrogen-bond acceptors (Lipinski definition) is 6. The summed E-state index contributed by atoms with van der Waals surface area (Å²) in [5, 5.41) is 0. The maximum absolute atomic E-state index is 6.71. The molecule has 0 bridgehead atoms. The van der Waals surface area contributed by atoms with Crippen LogP contribution in [0.5, 0.6) is 11.5 Å². The topological polar surface area (TPSA) is 43.4 Å². The van der Waals surface area contributed by atoms with Gasteiger partial charge in [0.2, 0.25) is 0 Å². The van der Waals surface area contributed by atoms with Crippen LogP contribution in [0.15, 0.2) is 60.7 Å². The number of fused-ring (bicyclic) bond motifs is 6. The van der Waals surface area contributed by atoms with E-state index in [0.717, 1.165) is 60.2 Å². The third kappa shape index (κ3) is 2.79. The van der Waals surface area contributed by atoms with E-state index in [1.54, 1.807) is 14.2 Å². The van der Waals surface area contributed by atoms with Gasteiger partial charge in [-0.25, -0.2) is 0 Å². The first-order valence-electron chi connectivity index (χ1n) is 11.9. The highest BCUT2D eigenvalue weighted by Crippen LogP contribution is 2.57. The van der Waals surface area contributed by atoms with E-state index in [9.17, 15) is 0 Å². The molecule has 6 nitrogen and oxygen atoms in total. The van der Waals surface area contributed by atoms with Gasteiger partial charge in [0, 0.05) is 75.0 Å². The van der Waals surface area contributed by atoms with Gasteiger partial charge in [0.15, 0.2) is 5.60 Å². The number of ether oxygens (including phenoxy) is 4. The number of hydrogen-bond donors (Lipinski definition) is 0. The minimum Gasteiger partial charge on any atom is -0.456 e. The second-order valence-corrected chi connectivity index (χ2v) is 9.62. The van der Waals surface area contributed by atoms with Crippen molar-refractivity contribution in [3.8, 4) is 11.5 Å². The van der Waals surface area contributed by atoms with Crippen LogP contribution in [-0.4, -0.2) is 52.6 Å². The summed E-state index contributed by atoms with van der Waals surface area (Å²) in [7, 11) is 3.55. The smallest absolute Gasteiger partial charge is 0.151 e. The summed E-state index contributed by atoms with van der Waals surface area (Å²) in [6, 6.07) is 21.6. The first-order valence-corrected chi connectivity index (χ1v) is 11.9. The van der Waals surface area contributed by atoms with Crippen molar-refractivity contribution in [3.05, 3.63) is 82.9 Å². The summed E-state index contributed by atoms with van der Waals surface area (Å²) in [6.45, 7) is 4.18. The van der Waals surface area contributed by atoms with E-state index in [-0.39, 0.29) is 0 Å². The van der Waals surface area contributed by atoms with Gasteiger partial charge < -0.3 is 28.7 Å². The van der Waals surface area contributed by atoms with Crippen LogP contribution >= 0.6 is 0 Å². The normalized spacial score (nSPS) is 20.3. The lowest BCUT2D eigenvalue weighted by atomic mass is 9.77. The lowest BCUT2D eigenvalue weighted by molar-refractivity contribution is 0.0199. The highest BCUT2D eigenvalue weighted by Gasteiger charge is 2.49. The summed E-state index contributed by atoms with van der Waals surface area (Å²) < 4.78 is 24.3. The molecule has 0 unspecified atom stereocenters. The van der Waals surface area contributed by atoms with E-state index in [2.05, 4.69) is 70.5 Å². The summed E-state index contributed by atoms with van der Waals surface area (Å²) >= 11 is 0. The lowest BCUT2D eigenvalue weighted by Crippen LogP contribution is -2.52. The molecule has 0 aromatic heterocycles. The van der Waals surface area contributed by atoms with Gasteiger partial charge in [-0.15, -0.1) is 0 Å².